The maximum absolute atomic E-state index is 12.0. The molecule has 5 rings (SSSR count). The van der Waals surface area contributed by atoms with Crippen LogP contribution in [0.4, 0.5) is 0 Å². The Bertz CT molecular complexity index is 937. The number of ether oxygens (including phenoxy) is 1. The Morgan fingerprint density at radius 3 is 2.96 bits per heavy atom. The number of rotatable bonds is 2. The third-order valence-corrected chi connectivity index (χ3v) is 7.50. The number of halogens is 1. The fourth-order valence-corrected chi connectivity index (χ4v) is 6.25. The van der Waals surface area contributed by atoms with Gasteiger partial charge in [-0.15, -0.1) is 0 Å². The normalized spacial score (nSPS) is 38.5. The van der Waals surface area contributed by atoms with E-state index in [0.29, 0.717) is 33.9 Å². The van der Waals surface area contributed by atoms with Gasteiger partial charge in [-0.1, -0.05) is 11.6 Å². The van der Waals surface area contributed by atoms with Crippen molar-refractivity contribution < 1.29 is 4.74 Å². The zero-order chi connectivity index (χ0) is 18.1. The highest BCUT2D eigenvalue weighted by Crippen LogP contribution is 2.58. The highest BCUT2D eigenvalue weighted by Gasteiger charge is 2.56. The predicted molar refractivity (Wildman–Crippen MR) is 104 cm³/mol. The molecular weight excluding hydrogens is 348 g/mol. The first-order chi connectivity index (χ1) is 12.4. The molecule has 1 aromatic heterocycles. The molecule has 3 bridgehead atoms. The highest BCUT2D eigenvalue weighted by atomic mass is 35.5. The molecule has 138 valence electrons. The van der Waals surface area contributed by atoms with E-state index in [-0.39, 0.29) is 16.7 Å². The van der Waals surface area contributed by atoms with Crippen LogP contribution in [0.5, 0.6) is 5.75 Å². The summed E-state index contributed by atoms with van der Waals surface area (Å²) in [5.41, 5.74) is 6.31. The number of fused-ring (bicyclic) bond motifs is 3. The second-order valence-electron chi connectivity index (χ2n) is 9.08. The standard InChI is InChI=1S/C21H25ClN2O2/c1-20(23)3-4-21(10-12-6-14(11-21)16(20)7-12)26-18-8-13-2-5-24-19(25)15(13)9-17(18)22/h2,5,8-9,12,14,16H,3-4,6-7,10-11,23H2,1H3,(H,24,25). The van der Waals surface area contributed by atoms with Crippen molar-refractivity contribution in [1.29, 1.82) is 0 Å². The van der Waals surface area contributed by atoms with Crippen LogP contribution in [0.1, 0.15) is 45.4 Å². The number of aromatic nitrogens is 1. The summed E-state index contributed by atoms with van der Waals surface area (Å²) >= 11 is 6.51. The molecule has 3 fully saturated rings. The lowest BCUT2D eigenvalue weighted by atomic mass is 9.76. The van der Waals surface area contributed by atoms with Gasteiger partial charge in [0.15, 0.2) is 0 Å². The van der Waals surface area contributed by atoms with E-state index in [1.54, 1.807) is 12.3 Å². The van der Waals surface area contributed by atoms with Crippen molar-refractivity contribution in [1.82, 2.24) is 4.98 Å². The summed E-state index contributed by atoms with van der Waals surface area (Å²) in [4.78, 5) is 14.7. The molecule has 3 N–H and O–H groups in total. The first-order valence-corrected chi connectivity index (χ1v) is 10.0. The number of benzene rings is 1. The van der Waals surface area contributed by atoms with Crippen molar-refractivity contribution in [2.75, 3.05) is 0 Å². The molecule has 5 unspecified atom stereocenters. The lowest BCUT2D eigenvalue weighted by molar-refractivity contribution is -0.00104. The highest BCUT2D eigenvalue weighted by molar-refractivity contribution is 6.32. The summed E-state index contributed by atoms with van der Waals surface area (Å²) in [5, 5.41) is 1.97. The molecule has 2 aromatic rings. The molecule has 5 heteroatoms. The second kappa shape index (κ2) is 5.49. The quantitative estimate of drug-likeness (QED) is 0.828. The molecule has 3 saturated carbocycles. The van der Waals surface area contributed by atoms with Gasteiger partial charge in [0.25, 0.3) is 5.56 Å². The van der Waals surface area contributed by atoms with Crippen LogP contribution >= 0.6 is 11.6 Å². The Morgan fingerprint density at radius 2 is 2.12 bits per heavy atom. The first kappa shape index (κ1) is 16.6. The zero-order valence-corrected chi connectivity index (χ0v) is 15.8. The van der Waals surface area contributed by atoms with E-state index < -0.39 is 0 Å². The molecule has 3 aliphatic rings. The topological polar surface area (TPSA) is 68.1 Å². The van der Waals surface area contributed by atoms with E-state index in [9.17, 15) is 4.79 Å². The third kappa shape index (κ3) is 2.49. The van der Waals surface area contributed by atoms with Crippen LogP contribution in [-0.2, 0) is 0 Å². The van der Waals surface area contributed by atoms with Gasteiger partial charge in [-0.05, 0) is 86.8 Å². The lowest BCUT2D eigenvalue weighted by Gasteiger charge is -2.41. The molecule has 1 aromatic carbocycles. The average Bonchev–Trinajstić information content (AvgIpc) is 2.87. The fraction of sp³-hybridized carbons (Fsp3) is 0.571. The zero-order valence-electron chi connectivity index (χ0n) is 15.1. The summed E-state index contributed by atoms with van der Waals surface area (Å²) in [7, 11) is 0. The van der Waals surface area contributed by atoms with Gasteiger partial charge in [-0.2, -0.15) is 0 Å². The van der Waals surface area contributed by atoms with Gasteiger partial charge in [0.1, 0.15) is 11.4 Å². The third-order valence-electron chi connectivity index (χ3n) is 7.21. The van der Waals surface area contributed by atoms with Gasteiger partial charge >= 0.3 is 0 Å². The number of nitrogens with one attached hydrogen (secondary N) is 1. The van der Waals surface area contributed by atoms with Gasteiger partial charge in [-0.25, -0.2) is 0 Å². The maximum Gasteiger partial charge on any atom is 0.255 e. The number of H-pyrrole nitrogens is 1. The van der Waals surface area contributed by atoms with E-state index in [1.165, 1.54) is 12.8 Å². The Kier molecular flexibility index (Phi) is 3.51. The molecule has 0 amide bonds. The van der Waals surface area contributed by atoms with Crippen LogP contribution in [0.15, 0.2) is 29.2 Å². The molecule has 0 spiro atoms. The van der Waals surface area contributed by atoms with Gasteiger partial charge in [-0.3, -0.25) is 4.79 Å². The van der Waals surface area contributed by atoms with Crippen molar-refractivity contribution in [3.8, 4) is 5.75 Å². The van der Waals surface area contributed by atoms with Crippen molar-refractivity contribution in [2.45, 2.75) is 56.6 Å². The van der Waals surface area contributed by atoms with Crippen molar-refractivity contribution in [2.24, 2.45) is 23.5 Å². The molecule has 0 saturated heterocycles. The summed E-state index contributed by atoms with van der Waals surface area (Å²) in [6.45, 7) is 2.23. The Balaban J connectivity index is 1.54. The fourth-order valence-electron chi connectivity index (χ4n) is 6.05. The molecule has 0 radical (unpaired) electrons. The van der Waals surface area contributed by atoms with Crippen molar-refractivity contribution in [3.63, 3.8) is 0 Å². The molecule has 5 atom stereocenters. The molecule has 26 heavy (non-hydrogen) atoms. The average molecular weight is 373 g/mol. The monoisotopic (exact) mass is 372 g/mol. The Labute approximate surface area is 158 Å². The summed E-state index contributed by atoms with van der Waals surface area (Å²) < 4.78 is 6.66. The number of hydrogen-bond acceptors (Lipinski definition) is 3. The van der Waals surface area contributed by atoms with E-state index >= 15 is 0 Å². The van der Waals surface area contributed by atoms with Crippen LogP contribution in [0.25, 0.3) is 10.8 Å². The minimum absolute atomic E-state index is 0.0918. The minimum Gasteiger partial charge on any atom is -0.486 e. The smallest absolute Gasteiger partial charge is 0.255 e. The molecule has 3 aliphatic carbocycles. The maximum atomic E-state index is 12.0. The van der Waals surface area contributed by atoms with Crippen molar-refractivity contribution in [3.05, 3.63) is 39.8 Å². The molecule has 1 heterocycles. The van der Waals surface area contributed by atoms with Gasteiger partial charge < -0.3 is 15.5 Å². The Hall–Kier alpha value is -1.52. The number of nitrogens with two attached hydrogens (primary N) is 1. The second-order valence-corrected chi connectivity index (χ2v) is 9.49. The van der Waals surface area contributed by atoms with E-state index in [0.717, 1.165) is 31.1 Å². The minimum atomic E-state index is -0.169. The van der Waals surface area contributed by atoms with Gasteiger partial charge in [0.05, 0.1) is 5.02 Å². The van der Waals surface area contributed by atoms with E-state index in [4.69, 9.17) is 22.1 Å². The van der Waals surface area contributed by atoms with Crippen LogP contribution in [-0.4, -0.2) is 16.1 Å². The molecule has 0 aliphatic heterocycles. The predicted octanol–water partition coefficient (Wildman–Crippen LogP) is 4.25. The number of aromatic amines is 1. The molecule has 4 nitrogen and oxygen atoms in total. The van der Waals surface area contributed by atoms with Crippen LogP contribution < -0.4 is 16.0 Å². The lowest BCUT2D eigenvalue weighted by Crippen LogP contribution is -2.45. The SMILES string of the molecule is CC1(N)CCC2(Oc3cc4cc[nH]c(=O)c4cc3Cl)CC3CC(C2)C1C3. The van der Waals surface area contributed by atoms with Gasteiger partial charge in [0.2, 0.25) is 0 Å². The van der Waals surface area contributed by atoms with Crippen LogP contribution in [0.2, 0.25) is 5.02 Å². The van der Waals surface area contributed by atoms with Crippen LogP contribution in [0.3, 0.4) is 0 Å². The van der Waals surface area contributed by atoms with Gasteiger partial charge in [0, 0.05) is 17.1 Å². The van der Waals surface area contributed by atoms with Crippen molar-refractivity contribution >= 4 is 22.4 Å². The summed E-state index contributed by atoms with van der Waals surface area (Å²) in [5.74, 6) is 2.69. The molecular formula is C21H25ClN2O2. The largest absolute Gasteiger partial charge is 0.486 e. The first-order valence-electron chi connectivity index (χ1n) is 9.64. The van der Waals surface area contributed by atoms with Crippen LogP contribution in [0, 0.1) is 17.8 Å². The number of pyridine rings is 1. The Morgan fingerprint density at radius 1 is 1.27 bits per heavy atom. The van der Waals surface area contributed by atoms with E-state index in [2.05, 4.69) is 11.9 Å². The number of hydrogen-bond donors (Lipinski definition) is 2. The van der Waals surface area contributed by atoms with E-state index in [1.807, 2.05) is 12.1 Å². The summed E-state index contributed by atoms with van der Waals surface area (Å²) in [6, 6.07) is 5.54. The summed E-state index contributed by atoms with van der Waals surface area (Å²) in [6.07, 6.45) is 8.34.